The number of nitrogens with zero attached hydrogens (tertiary/aromatic N) is 3. The van der Waals surface area contributed by atoms with E-state index in [1.165, 1.54) is 19.3 Å². The largest absolute Gasteiger partial charge is 0.467 e. The molecular weight excluding hydrogens is 254 g/mol. The van der Waals surface area contributed by atoms with E-state index in [1.54, 1.807) is 7.11 Å². The summed E-state index contributed by atoms with van der Waals surface area (Å²) in [6.45, 7) is 7.35. The Hall–Kier alpha value is -1.59. The van der Waals surface area contributed by atoms with Crippen LogP contribution in [0.4, 0.5) is 11.9 Å². The van der Waals surface area contributed by atoms with Gasteiger partial charge in [-0.25, -0.2) is 0 Å². The van der Waals surface area contributed by atoms with E-state index in [9.17, 15) is 0 Å². The molecule has 6 heteroatoms. The maximum absolute atomic E-state index is 5.13. The minimum Gasteiger partial charge on any atom is -0.467 e. The number of ether oxygens (including phenoxy) is 1. The van der Waals surface area contributed by atoms with Crippen LogP contribution in [0.15, 0.2) is 0 Å². The number of rotatable bonds is 6. The fourth-order valence-corrected chi connectivity index (χ4v) is 2.94. The highest BCUT2D eigenvalue weighted by molar-refractivity contribution is 5.36. The monoisotopic (exact) mass is 279 g/mol. The van der Waals surface area contributed by atoms with Crippen LogP contribution in [0.2, 0.25) is 0 Å². The molecule has 1 aromatic heterocycles. The van der Waals surface area contributed by atoms with Crippen LogP contribution in [-0.4, -0.2) is 34.6 Å². The number of nitrogens with one attached hydrogen (secondary N) is 2. The lowest BCUT2D eigenvalue weighted by atomic mass is 9.94. The molecule has 1 aliphatic rings. The van der Waals surface area contributed by atoms with Gasteiger partial charge < -0.3 is 15.4 Å². The molecule has 1 saturated carbocycles. The van der Waals surface area contributed by atoms with Gasteiger partial charge in [0.15, 0.2) is 0 Å². The van der Waals surface area contributed by atoms with Gasteiger partial charge in [0, 0.05) is 12.6 Å². The normalized spacial score (nSPS) is 25.5. The molecule has 2 rings (SSSR count). The maximum atomic E-state index is 5.13. The maximum Gasteiger partial charge on any atom is 0.322 e. The van der Waals surface area contributed by atoms with E-state index in [-0.39, 0.29) is 0 Å². The second-order valence-electron chi connectivity index (χ2n) is 5.36. The summed E-state index contributed by atoms with van der Waals surface area (Å²) in [6, 6.07) is 0.776. The van der Waals surface area contributed by atoms with Crippen molar-refractivity contribution in [2.45, 2.75) is 46.1 Å². The summed E-state index contributed by atoms with van der Waals surface area (Å²) in [5.74, 6) is 2.59. The Morgan fingerprint density at radius 2 is 1.90 bits per heavy atom. The summed E-state index contributed by atoms with van der Waals surface area (Å²) >= 11 is 0. The van der Waals surface area contributed by atoms with Crippen molar-refractivity contribution in [3.05, 3.63) is 0 Å². The predicted octanol–water partition coefficient (Wildman–Crippen LogP) is 2.55. The average molecular weight is 279 g/mol. The first kappa shape index (κ1) is 14.8. The molecule has 0 aromatic carbocycles. The molecule has 2 N–H and O–H groups in total. The van der Waals surface area contributed by atoms with E-state index in [2.05, 4.69) is 39.4 Å². The molecule has 0 spiro atoms. The number of methoxy groups -OCH3 is 1. The molecule has 6 nitrogen and oxygen atoms in total. The topological polar surface area (TPSA) is 72.0 Å². The van der Waals surface area contributed by atoms with Crippen molar-refractivity contribution in [3.63, 3.8) is 0 Å². The van der Waals surface area contributed by atoms with E-state index in [0.29, 0.717) is 29.9 Å². The van der Waals surface area contributed by atoms with E-state index < -0.39 is 0 Å². The zero-order chi connectivity index (χ0) is 14.5. The Balaban J connectivity index is 2.10. The summed E-state index contributed by atoms with van der Waals surface area (Å²) < 4.78 is 5.13. The molecule has 1 fully saturated rings. The van der Waals surface area contributed by atoms with Gasteiger partial charge in [-0.1, -0.05) is 20.3 Å². The van der Waals surface area contributed by atoms with Gasteiger partial charge in [-0.15, -0.1) is 0 Å². The molecule has 0 radical (unpaired) electrons. The second kappa shape index (κ2) is 6.72. The van der Waals surface area contributed by atoms with Crippen molar-refractivity contribution in [3.8, 4) is 6.01 Å². The van der Waals surface area contributed by atoms with Gasteiger partial charge >= 0.3 is 6.01 Å². The molecule has 0 bridgehead atoms. The van der Waals surface area contributed by atoms with Gasteiger partial charge in [0.1, 0.15) is 0 Å². The summed E-state index contributed by atoms with van der Waals surface area (Å²) in [5, 5.41) is 6.54. The quantitative estimate of drug-likeness (QED) is 0.834. The van der Waals surface area contributed by atoms with E-state index in [4.69, 9.17) is 4.74 Å². The summed E-state index contributed by atoms with van der Waals surface area (Å²) in [6.07, 6.45) is 3.68. The van der Waals surface area contributed by atoms with E-state index in [0.717, 1.165) is 12.5 Å². The highest BCUT2D eigenvalue weighted by Crippen LogP contribution is 2.35. The SMILES string of the molecule is CCNc1nc(NC2CCC(CC)C2C)nc(OC)n1. The molecule has 3 atom stereocenters. The first-order valence-corrected chi connectivity index (χ1v) is 7.48. The van der Waals surface area contributed by atoms with Gasteiger partial charge in [0.05, 0.1) is 7.11 Å². The van der Waals surface area contributed by atoms with Crippen molar-refractivity contribution in [1.82, 2.24) is 15.0 Å². The summed E-state index contributed by atoms with van der Waals surface area (Å²) in [4.78, 5) is 12.9. The Morgan fingerprint density at radius 3 is 2.50 bits per heavy atom. The van der Waals surface area contributed by atoms with Crippen LogP contribution in [-0.2, 0) is 0 Å². The standard InChI is InChI=1S/C14H25N5O/c1-5-10-7-8-11(9(10)3)16-13-17-12(15-6-2)18-14(19-13)20-4/h9-11H,5-8H2,1-4H3,(H2,15,16,17,18,19). The summed E-state index contributed by atoms with van der Waals surface area (Å²) in [5.41, 5.74) is 0. The number of aromatic nitrogens is 3. The van der Waals surface area contributed by atoms with Crippen LogP contribution in [0.3, 0.4) is 0 Å². The average Bonchev–Trinajstić information content (AvgIpc) is 2.79. The molecule has 0 aliphatic heterocycles. The van der Waals surface area contributed by atoms with Crippen LogP contribution in [0.1, 0.15) is 40.0 Å². The molecule has 0 saturated heterocycles. The third-order valence-corrected chi connectivity index (χ3v) is 4.20. The Labute approximate surface area is 120 Å². The fraction of sp³-hybridized carbons (Fsp3) is 0.786. The van der Waals surface area contributed by atoms with E-state index >= 15 is 0 Å². The molecular formula is C14H25N5O. The lowest BCUT2D eigenvalue weighted by molar-refractivity contribution is 0.377. The fourth-order valence-electron chi connectivity index (χ4n) is 2.94. The lowest BCUT2D eigenvalue weighted by Gasteiger charge is -2.21. The van der Waals surface area contributed by atoms with Crippen molar-refractivity contribution in [1.29, 1.82) is 0 Å². The molecule has 3 unspecified atom stereocenters. The van der Waals surface area contributed by atoms with Crippen molar-refractivity contribution in [2.24, 2.45) is 11.8 Å². The molecule has 20 heavy (non-hydrogen) atoms. The predicted molar refractivity (Wildman–Crippen MR) is 80.1 cm³/mol. The third kappa shape index (κ3) is 3.29. The van der Waals surface area contributed by atoms with Gasteiger partial charge in [0.2, 0.25) is 11.9 Å². The van der Waals surface area contributed by atoms with Crippen molar-refractivity contribution in [2.75, 3.05) is 24.3 Å². The smallest absolute Gasteiger partial charge is 0.322 e. The Morgan fingerprint density at radius 1 is 1.15 bits per heavy atom. The Kier molecular flexibility index (Phi) is 4.98. The third-order valence-electron chi connectivity index (χ3n) is 4.20. The number of anilines is 2. The van der Waals surface area contributed by atoms with Crippen LogP contribution in [0, 0.1) is 11.8 Å². The highest BCUT2D eigenvalue weighted by atomic mass is 16.5. The van der Waals surface area contributed by atoms with Crippen molar-refractivity contribution >= 4 is 11.9 Å². The molecule has 1 heterocycles. The van der Waals surface area contributed by atoms with Crippen LogP contribution in [0.25, 0.3) is 0 Å². The molecule has 1 aromatic rings. The molecule has 112 valence electrons. The first-order chi connectivity index (χ1) is 9.67. The minimum atomic E-state index is 0.344. The van der Waals surface area contributed by atoms with Gasteiger partial charge in [0.25, 0.3) is 0 Å². The molecule has 1 aliphatic carbocycles. The Bertz CT molecular complexity index is 440. The second-order valence-corrected chi connectivity index (χ2v) is 5.36. The van der Waals surface area contributed by atoms with Gasteiger partial charge in [-0.2, -0.15) is 15.0 Å². The zero-order valence-corrected chi connectivity index (χ0v) is 12.8. The lowest BCUT2D eigenvalue weighted by Crippen LogP contribution is -2.26. The van der Waals surface area contributed by atoms with Gasteiger partial charge in [-0.05, 0) is 31.6 Å². The van der Waals surface area contributed by atoms with Crippen molar-refractivity contribution < 1.29 is 4.74 Å². The minimum absolute atomic E-state index is 0.344. The number of hydrogen-bond acceptors (Lipinski definition) is 6. The van der Waals surface area contributed by atoms with E-state index in [1.807, 2.05) is 6.92 Å². The number of hydrogen-bond donors (Lipinski definition) is 2. The van der Waals surface area contributed by atoms with Crippen LogP contribution in [0.5, 0.6) is 6.01 Å². The summed E-state index contributed by atoms with van der Waals surface area (Å²) in [7, 11) is 1.57. The molecule has 0 amide bonds. The van der Waals surface area contributed by atoms with Crippen LogP contribution < -0.4 is 15.4 Å². The first-order valence-electron chi connectivity index (χ1n) is 7.48. The van der Waals surface area contributed by atoms with Gasteiger partial charge in [-0.3, -0.25) is 0 Å². The highest BCUT2D eigenvalue weighted by Gasteiger charge is 2.32. The zero-order valence-electron chi connectivity index (χ0n) is 12.8. The van der Waals surface area contributed by atoms with Crippen LogP contribution >= 0.6 is 0 Å².